The normalized spacial score (nSPS) is 24.9. The topological polar surface area (TPSA) is 147 Å². The van der Waals surface area contributed by atoms with Crippen LogP contribution in [-0.2, 0) is 19.0 Å². The summed E-state index contributed by atoms with van der Waals surface area (Å²) in [5.74, 6) is 0.214. The summed E-state index contributed by atoms with van der Waals surface area (Å²) in [5.41, 5.74) is 1.43. The van der Waals surface area contributed by atoms with Gasteiger partial charge in [0.15, 0.2) is 24.3 Å². The van der Waals surface area contributed by atoms with E-state index in [0.29, 0.717) is 0 Å². The highest BCUT2D eigenvalue weighted by Crippen LogP contribution is 2.37. The molecule has 2 aliphatic rings. The van der Waals surface area contributed by atoms with Crippen LogP contribution in [0.15, 0.2) is 47.4 Å². The summed E-state index contributed by atoms with van der Waals surface area (Å²) in [6.07, 6.45) is -4.26. The molecule has 1 aromatic heterocycles. The van der Waals surface area contributed by atoms with E-state index in [9.17, 15) is 19.5 Å². The Hall–Kier alpha value is -3.64. The maximum atomic E-state index is 12.3. The van der Waals surface area contributed by atoms with Crippen LogP contribution in [0.3, 0.4) is 0 Å². The molecule has 3 heterocycles. The summed E-state index contributed by atoms with van der Waals surface area (Å²) in [6.45, 7) is -0.423. The Morgan fingerprint density at radius 1 is 1.17 bits per heavy atom. The molecule has 0 radical (unpaired) electrons. The molecule has 0 amide bonds. The number of benzene rings is 1. The first-order valence-electron chi connectivity index (χ1n) is 8.47. The Morgan fingerprint density at radius 2 is 1.93 bits per heavy atom. The molecule has 2 aromatic rings. The van der Waals surface area contributed by atoms with Crippen LogP contribution in [0, 0.1) is 0 Å². The van der Waals surface area contributed by atoms with E-state index < -0.39 is 49.1 Å². The third kappa shape index (κ3) is 3.83. The van der Waals surface area contributed by atoms with E-state index in [0.717, 1.165) is 4.57 Å². The van der Waals surface area contributed by atoms with Crippen molar-refractivity contribution in [2.24, 2.45) is 0 Å². The highest BCUT2D eigenvalue weighted by molar-refractivity contribution is 5.64. The molecule has 2 fully saturated rings. The zero-order valence-corrected chi connectivity index (χ0v) is 14.7. The monoisotopic (exact) mass is 405 g/mol. The number of anilines is 1. The lowest BCUT2D eigenvalue weighted by atomic mass is 10.1. The Labute approximate surface area is 162 Å². The van der Waals surface area contributed by atoms with Gasteiger partial charge in [-0.25, -0.2) is 14.4 Å². The standard InChI is InChI=1S/C17H15N3O9/c21-8-10-12-13(28-16(23)27-12)14(26-10)20-7-6-11(18-15(20)22)19-29-17(24)25-9-4-2-1-3-5-9/h1-7,10,12-14,21H,8H2,(H,18,19,22)/t10-,12-,13-,14-/m1/s1. The van der Waals surface area contributed by atoms with E-state index in [1.807, 2.05) is 0 Å². The molecule has 4 rings (SSSR count). The summed E-state index contributed by atoms with van der Waals surface area (Å²) < 4.78 is 21.5. The Morgan fingerprint density at radius 3 is 2.66 bits per heavy atom. The molecule has 2 saturated heterocycles. The van der Waals surface area contributed by atoms with Gasteiger partial charge in [-0.2, -0.15) is 10.5 Å². The number of aromatic nitrogens is 2. The van der Waals surface area contributed by atoms with Crippen molar-refractivity contribution < 1.29 is 38.5 Å². The van der Waals surface area contributed by atoms with E-state index in [2.05, 4.69) is 10.5 Å². The number of hydrogen-bond donors (Lipinski definition) is 2. The van der Waals surface area contributed by atoms with Crippen molar-refractivity contribution >= 4 is 18.1 Å². The van der Waals surface area contributed by atoms with Crippen LogP contribution in [0.25, 0.3) is 0 Å². The zero-order chi connectivity index (χ0) is 20.4. The lowest BCUT2D eigenvalue weighted by Gasteiger charge is -2.17. The molecule has 2 N–H and O–H groups in total. The number of hydrogen-bond acceptors (Lipinski definition) is 11. The number of nitrogens with zero attached hydrogens (tertiary/aromatic N) is 2. The number of para-hydroxylation sites is 1. The molecule has 0 unspecified atom stereocenters. The second kappa shape index (κ2) is 7.77. The second-order valence-corrected chi connectivity index (χ2v) is 6.03. The van der Waals surface area contributed by atoms with Crippen LogP contribution in [0.1, 0.15) is 6.23 Å². The molecule has 4 atom stereocenters. The minimum Gasteiger partial charge on any atom is -0.424 e. The first kappa shape index (κ1) is 18.7. The SMILES string of the molecule is O=C(ONc1ccn([C@@H]2O[C@H](CO)[C@H]3OC(=O)O[C@H]32)c(=O)n1)Oc1ccccc1. The number of carbonyl (C=O) groups is 2. The number of rotatable bonds is 5. The van der Waals surface area contributed by atoms with Gasteiger partial charge in [-0.1, -0.05) is 18.2 Å². The molecule has 0 spiro atoms. The average Bonchev–Trinajstić information content (AvgIpc) is 3.24. The lowest BCUT2D eigenvalue weighted by molar-refractivity contribution is -0.0735. The fraction of sp³-hybridized carbons (Fsp3) is 0.294. The van der Waals surface area contributed by atoms with E-state index in [-0.39, 0.29) is 11.6 Å². The number of aliphatic hydroxyl groups excluding tert-OH is 1. The summed E-state index contributed by atoms with van der Waals surface area (Å²) >= 11 is 0. The molecular weight excluding hydrogens is 390 g/mol. The molecule has 0 saturated carbocycles. The van der Waals surface area contributed by atoms with Gasteiger partial charge >= 0.3 is 18.0 Å². The maximum absolute atomic E-state index is 12.3. The number of fused-ring (bicyclic) bond motifs is 1. The first-order chi connectivity index (χ1) is 14.0. The quantitative estimate of drug-likeness (QED) is 0.409. The number of aliphatic hydroxyl groups is 1. The van der Waals surface area contributed by atoms with Crippen molar-refractivity contribution in [3.63, 3.8) is 0 Å². The summed E-state index contributed by atoms with van der Waals surface area (Å²) in [7, 11) is 0. The lowest BCUT2D eigenvalue weighted by Crippen LogP contribution is -2.34. The smallest absolute Gasteiger partial charge is 0.424 e. The fourth-order valence-corrected chi connectivity index (χ4v) is 2.96. The minimum absolute atomic E-state index is 0.0656. The van der Waals surface area contributed by atoms with Crippen molar-refractivity contribution in [2.75, 3.05) is 12.1 Å². The Kier molecular flexibility index (Phi) is 5.01. The van der Waals surface area contributed by atoms with Gasteiger partial charge in [-0.3, -0.25) is 4.57 Å². The maximum Gasteiger partial charge on any atom is 0.538 e. The van der Waals surface area contributed by atoms with E-state index in [1.165, 1.54) is 12.3 Å². The van der Waals surface area contributed by atoms with Crippen LogP contribution in [0.5, 0.6) is 5.75 Å². The van der Waals surface area contributed by atoms with Gasteiger partial charge in [0.05, 0.1) is 6.61 Å². The average molecular weight is 405 g/mol. The second-order valence-electron chi connectivity index (χ2n) is 6.03. The van der Waals surface area contributed by atoms with Crippen LogP contribution in [0.4, 0.5) is 15.4 Å². The van der Waals surface area contributed by atoms with Gasteiger partial charge in [0.1, 0.15) is 11.9 Å². The minimum atomic E-state index is -1.05. The molecule has 2 aliphatic heterocycles. The molecule has 29 heavy (non-hydrogen) atoms. The van der Waals surface area contributed by atoms with Crippen molar-refractivity contribution in [3.8, 4) is 5.75 Å². The molecule has 12 heteroatoms. The molecule has 152 valence electrons. The van der Waals surface area contributed by atoms with Crippen LogP contribution >= 0.6 is 0 Å². The van der Waals surface area contributed by atoms with E-state index >= 15 is 0 Å². The van der Waals surface area contributed by atoms with E-state index in [4.69, 9.17) is 23.8 Å². The van der Waals surface area contributed by atoms with Gasteiger partial charge < -0.3 is 28.9 Å². The third-order valence-corrected chi connectivity index (χ3v) is 4.22. The van der Waals surface area contributed by atoms with Crippen molar-refractivity contribution in [2.45, 2.75) is 24.5 Å². The van der Waals surface area contributed by atoms with E-state index in [1.54, 1.807) is 30.3 Å². The third-order valence-electron chi connectivity index (χ3n) is 4.22. The van der Waals surface area contributed by atoms with Gasteiger partial charge in [-0.15, -0.1) is 0 Å². The largest absolute Gasteiger partial charge is 0.538 e. The molecule has 0 aliphatic carbocycles. The summed E-state index contributed by atoms with van der Waals surface area (Å²) in [4.78, 5) is 43.8. The Balaban J connectivity index is 1.41. The van der Waals surface area contributed by atoms with Crippen molar-refractivity contribution in [1.29, 1.82) is 0 Å². The molecule has 12 nitrogen and oxygen atoms in total. The highest BCUT2D eigenvalue weighted by Gasteiger charge is 2.55. The van der Waals surface area contributed by atoms with Gasteiger partial charge in [0.2, 0.25) is 0 Å². The van der Waals surface area contributed by atoms with Gasteiger partial charge in [-0.05, 0) is 12.1 Å². The van der Waals surface area contributed by atoms with Crippen LogP contribution in [-0.4, -0.2) is 51.9 Å². The number of nitrogens with one attached hydrogen (secondary N) is 1. The van der Waals surface area contributed by atoms with Crippen LogP contribution in [0.2, 0.25) is 0 Å². The molecular formula is C17H15N3O9. The number of ether oxygens (including phenoxy) is 4. The predicted molar refractivity (Wildman–Crippen MR) is 91.8 cm³/mol. The zero-order valence-electron chi connectivity index (χ0n) is 14.7. The van der Waals surface area contributed by atoms with Crippen molar-refractivity contribution in [1.82, 2.24) is 9.55 Å². The molecule has 1 aromatic carbocycles. The highest BCUT2D eigenvalue weighted by atomic mass is 16.8. The number of carbonyl (C=O) groups excluding carboxylic acids is 2. The summed E-state index contributed by atoms with van der Waals surface area (Å²) in [6, 6.07) is 9.58. The summed E-state index contributed by atoms with van der Waals surface area (Å²) in [5, 5.41) is 9.36. The fourth-order valence-electron chi connectivity index (χ4n) is 2.96. The molecule has 0 bridgehead atoms. The van der Waals surface area contributed by atoms with Crippen molar-refractivity contribution in [3.05, 3.63) is 53.1 Å². The van der Waals surface area contributed by atoms with Gasteiger partial charge in [0, 0.05) is 12.3 Å². The van der Waals surface area contributed by atoms with Crippen LogP contribution < -0.4 is 15.9 Å². The Bertz CT molecular complexity index is 964. The van der Waals surface area contributed by atoms with Gasteiger partial charge in [0.25, 0.3) is 0 Å². The first-order valence-corrected chi connectivity index (χ1v) is 8.47. The predicted octanol–water partition coefficient (Wildman–Crippen LogP) is 0.579.